The van der Waals surface area contributed by atoms with Crippen LogP contribution in [0.5, 0.6) is 0 Å². The van der Waals surface area contributed by atoms with Crippen molar-refractivity contribution in [2.24, 2.45) is 0 Å². The Balaban J connectivity index is 1.37. The summed E-state index contributed by atoms with van der Waals surface area (Å²) in [6, 6.07) is 12.9. The first-order valence-corrected chi connectivity index (χ1v) is 19.7. The fourth-order valence-corrected chi connectivity index (χ4v) is 12.0. The van der Waals surface area contributed by atoms with E-state index in [1.807, 2.05) is 91.0 Å². The van der Waals surface area contributed by atoms with E-state index in [4.69, 9.17) is 31.4 Å². The Hall–Kier alpha value is -7.41. The number of para-hydroxylation sites is 4. The summed E-state index contributed by atoms with van der Waals surface area (Å²) in [7, 11) is -3.86. The van der Waals surface area contributed by atoms with Gasteiger partial charge < -0.3 is 0 Å². The van der Waals surface area contributed by atoms with Crippen LogP contribution < -0.4 is 20.7 Å². The summed E-state index contributed by atoms with van der Waals surface area (Å²) in [5.41, 5.74) is -2.50. The summed E-state index contributed by atoms with van der Waals surface area (Å²) in [4.78, 5) is 14.1. The molecule has 0 atom stereocenters. The molecule has 0 bridgehead atoms. The summed E-state index contributed by atoms with van der Waals surface area (Å²) in [5.74, 6) is -2.17. The Morgan fingerprint density at radius 2 is 0.684 bits per heavy atom. The van der Waals surface area contributed by atoms with Gasteiger partial charge in [-0.1, -0.05) is 188 Å². The molecule has 0 aliphatic heterocycles. The molecule has 0 radical (unpaired) electrons. The molecule has 0 fully saturated rings. The summed E-state index contributed by atoms with van der Waals surface area (Å²) in [5, 5.41) is 0.597. The van der Waals surface area contributed by atoms with Crippen molar-refractivity contribution in [2.45, 2.75) is 0 Å². The highest BCUT2D eigenvalue weighted by atomic mass is 28.3. The second-order valence-electron chi connectivity index (χ2n) is 12.9. The van der Waals surface area contributed by atoms with E-state index in [0.29, 0.717) is 15.6 Å². The predicted octanol–water partition coefficient (Wildman–Crippen LogP) is 9.11. The monoisotopic (exact) mass is 765 g/mol. The quantitative estimate of drug-likeness (QED) is 0.120. The highest BCUT2D eigenvalue weighted by Gasteiger charge is 2.41. The fraction of sp³-hybridized carbons (Fsp3) is 0. The van der Waals surface area contributed by atoms with E-state index < -0.39 is 174 Å². The van der Waals surface area contributed by atoms with Gasteiger partial charge in [0.1, 0.15) is 0 Å². The van der Waals surface area contributed by atoms with Crippen LogP contribution in [0.3, 0.4) is 0 Å². The minimum absolute atomic E-state index is 0.0399. The molecule has 0 aliphatic rings. The molecule has 11 rings (SSSR count). The van der Waals surface area contributed by atoms with Gasteiger partial charge >= 0.3 is 0 Å². The van der Waals surface area contributed by atoms with E-state index in [1.165, 1.54) is 0 Å². The zero-order chi connectivity index (χ0) is 55.2. The molecule has 0 saturated carbocycles. The summed E-state index contributed by atoms with van der Waals surface area (Å²) < 4.78 is 185. The topological polar surface area (TPSA) is 48.5 Å². The van der Waals surface area contributed by atoms with Crippen molar-refractivity contribution >= 4 is 72.4 Å². The van der Waals surface area contributed by atoms with Gasteiger partial charge in [-0.05, 0) is 44.9 Å². The largest absolute Gasteiger partial charge is 0.278 e. The first kappa shape index (κ1) is 18.5. The lowest BCUT2D eigenvalue weighted by molar-refractivity contribution is 0.893. The van der Waals surface area contributed by atoms with Gasteiger partial charge in [0.25, 0.3) is 0 Å². The molecule has 6 heteroatoms. The molecule has 0 unspecified atom stereocenters. The van der Waals surface area contributed by atoms with Crippen molar-refractivity contribution in [3.05, 3.63) is 212 Å². The number of rotatable bonds is 7. The van der Waals surface area contributed by atoms with Crippen LogP contribution in [0, 0.1) is 0 Å². The molecule has 0 spiro atoms. The summed E-state index contributed by atoms with van der Waals surface area (Å²) in [6.45, 7) is 0. The van der Waals surface area contributed by atoms with Crippen LogP contribution in [-0.4, -0.2) is 32.2 Å². The summed E-state index contributed by atoms with van der Waals surface area (Å²) in [6.07, 6.45) is 0. The fourth-order valence-electron chi connectivity index (χ4n) is 7.52. The van der Waals surface area contributed by atoms with Crippen LogP contribution in [0.1, 0.15) is 27.4 Å². The normalized spacial score (nSPS) is 16.8. The highest BCUT2D eigenvalue weighted by molar-refractivity contribution is 7.19. The average Bonchev–Trinajstić information content (AvgIpc) is 4.05. The molecule has 0 amide bonds. The van der Waals surface area contributed by atoms with Crippen LogP contribution in [0.25, 0.3) is 66.9 Å². The molecule has 11 aromatic rings. The van der Waals surface area contributed by atoms with E-state index in [1.54, 1.807) is 0 Å². The Kier molecular flexibility index (Phi) is 4.35. The number of aromatic nitrogens is 5. The van der Waals surface area contributed by atoms with Gasteiger partial charge in [0.05, 0.1) is 49.5 Å². The van der Waals surface area contributed by atoms with Crippen LogP contribution in [0.2, 0.25) is 0 Å². The number of fused-ring (bicyclic) bond motifs is 6. The van der Waals surface area contributed by atoms with E-state index in [0.717, 1.165) is 9.13 Å². The molecule has 5 nitrogen and oxygen atoms in total. The number of nitrogens with zero attached hydrogens (tertiary/aromatic N) is 5. The van der Waals surface area contributed by atoms with E-state index >= 15 is 0 Å². The maximum atomic E-state index is 10.1. The van der Waals surface area contributed by atoms with Gasteiger partial charge in [0.15, 0.2) is 13.9 Å². The molecule has 57 heavy (non-hydrogen) atoms. The molecule has 0 N–H and O–H groups in total. The van der Waals surface area contributed by atoms with E-state index in [9.17, 15) is 11.0 Å². The number of hydrogen-bond donors (Lipinski definition) is 0. The van der Waals surface area contributed by atoms with Gasteiger partial charge in [0.2, 0.25) is 11.9 Å². The van der Waals surface area contributed by atoms with E-state index in [-0.39, 0.29) is 26.7 Å². The Labute approximate surface area is 358 Å². The van der Waals surface area contributed by atoms with Gasteiger partial charge in [-0.25, -0.2) is 0 Å². The predicted molar refractivity (Wildman–Crippen MR) is 238 cm³/mol. The van der Waals surface area contributed by atoms with Gasteiger partial charge in [-0.15, -0.1) is 0 Å². The van der Waals surface area contributed by atoms with Crippen molar-refractivity contribution in [1.29, 1.82) is 0 Å². The second kappa shape index (κ2) is 13.4. The first-order valence-electron chi connectivity index (χ1n) is 27.7. The van der Waals surface area contributed by atoms with Crippen molar-refractivity contribution in [3.63, 3.8) is 0 Å². The third kappa shape index (κ3) is 5.19. The molecule has 0 saturated heterocycles. The third-order valence-corrected chi connectivity index (χ3v) is 14.5. The number of hydrogen-bond acceptors (Lipinski definition) is 3. The van der Waals surface area contributed by atoms with Gasteiger partial charge in [0, 0.05) is 27.1 Å². The smallest absolute Gasteiger partial charge is 0.240 e. The van der Waals surface area contributed by atoms with Crippen LogP contribution in [0.4, 0.5) is 0 Å². The van der Waals surface area contributed by atoms with Gasteiger partial charge in [-0.3, -0.25) is 9.13 Å². The lowest BCUT2D eigenvalue weighted by Crippen LogP contribution is -2.74. The minimum Gasteiger partial charge on any atom is -0.278 e. The highest BCUT2D eigenvalue weighted by Crippen LogP contribution is 2.34. The van der Waals surface area contributed by atoms with Gasteiger partial charge in [-0.2, -0.15) is 15.0 Å². The van der Waals surface area contributed by atoms with Crippen molar-refractivity contribution < 1.29 is 27.4 Å². The Morgan fingerprint density at radius 3 is 1.04 bits per heavy atom. The van der Waals surface area contributed by atoms with Crippen LogP contribution >= 0.6 is 0 Å². The van der Waals surface area contributed by atoms with E-state index in [2.05, 4.69) is 0 Å². The SMILES string of the molecule is [2H]c1c([2H])c([Si](c2ccccc2)(c2ccccc2)c2ccccc2)c([2H])c([2H])c1-c1nc(-n2c3c([2H])c([2H])c([2H])c([2H])c3c3c([2H])c([2H])c([2H])c([2H])c32)nc(-n2c3c([2H])c([2H])c([2H])c([2H])c3c3c([2H])c([2H])c([2H])c([2H])c32)n1. The summed E-state index contributed by atoms with van der Waals surface area (Å²) >= 11 is 0. The third-order valence-electron chi connectivity index (χ3n) is 9.92. The Morgan fingerprint density at radius 1 is 0.351 bits per heavy atom. The molecule has 3 heterocycles. The average molecular weight is 766 g/mol. The van der Waals surface area contributed by atoms with Crippen LogP contribution in [-0.2, 0) is 0 Å². The maximum absolute atomic E-state index is 10.1. The zero-order valence-corrected chi connectivity index (χ0v) is 30.4. The molecule has 0 aliphatic carbocycles. The molecular weight excluding hydrogens is 711 g/mol. The standard InChI is InChI=1S/C51H35N5Si/c1-4-18-37(19-5-1)57(38-20-6-2-7-21-38,39-22-8-3-9-23-39)40-34-32-36(33-35-40)49-52-50(55-45-28-14-10-24-41(45)42-25-11-15-29-46(42)55)54-51(53-49)56-47-30-16-12-26-43(47)44-27-13-17-31-48(44)56/h1-35H/i10D,11D,12D,13D,14D,15D,16D,17D,24D,25D,26D,27D,28D,29D,30D,31D,32D,33D,34D,35D. The lowest BCUT2D eigenvalue weighted by Gasteiger charge is -2.34. The van der Waals surface area contributed by atoms with Crippen molar-refractivity contribution in [3.8, 4) is 23.3 Å². The lowest BCUT2D eigenvalue weighted by atomic mass is 10.2. The second-order valence-corrected chi connectivity index (χ2v) is 16.7. The number of benzene rings is 8. The van der Waals surface area contributed by atoms with Crippen molar-refractivity contribution in [1.82, 2.24) is 24.1 Å². The molecule has 8 aromatic carbocycles. The zero-order valence-electron chi connectivity index (χ0n) is 49.4. The van der Waals surface area contributed by atoms with Crippen LogP contribution in [0.15, 0.2) is 212 Å². The van der Waals surface area contributed by atoms with Crippen molar-refractivity contribution in [2.75, 3.05) is 0 Å². The Bertz CT molecular complexity index is 3940. The molecule has 3 aromatic heterocycles. The first-order chi connectivity index (χ1) is 36.6. The minimum atomic E-state index is -3.86. The molecular formula is C51H35N5Si. The molecule has 268 valence electrons. The maximum Gasteiger partial charge on any atom is 0.240 e.